The first kappa shape index (κ1) is 12.7. The smallest absolute Gasteiger partial charge is 0.228 e. The average Bonchev–Trinajstić information content (AvgIpc) is 2.65. The van der Waals surface area contributed by atoms with Crippen molar-refractivity contribution in [1.82, 2.24) is 0 Å². The lowest BCUT2D eigenvalue weighted by Gasteiger charge is -2.23. The number of hydrogen-bond acceptors (Lipinski definition) is 4. The van der Waals surface area contributed by atoms with Gasteiger partial charge in [0.2, 0.25) is 5.91 Å². The third kappa shape index (κ3) is 2.56. The van der Waals surface area contributed by atoms with Gasteiger partial charge in [-0.15, -0.1) is 0 Å². The molecule has 5 nitrogen and oxygen atoms in total. The van der Waals surface area contributed by atoms with Crippen molar-refractivity contribution in [2.24, 2.45) is 0 Å². The quantitative estimate of drug-likeness (QED) is 0.606. The highest BCUT2D eigenvalue weighted by molar-refractivity contribution is 6.00. The molecule has 2 rings (SSSR count). The fraction of sp³-hybridized carbons (Fsp3) is 0.462. The molecule has 1 aromatic rings. The Bertz CT molecular complexity index is 483. The molecule has 0 saturated heterocycles. The highest BCUT2D eigenvalue weighted by atomic mass is 16.3. The summed E-state index contributed by atoms with van der Waals surface area (Å²) >= 11 is 0. The van der Waals surface area contributed by atoms with Crippen LogP contribution in [0, 0.1) is 0 Å². The van der Waals surface area contributed by atoms with E-state index in [0.29, 0.717) is 25.1 Å². The van der Waals surface area contributed by atoms with E-state index in [1.807, 2.05) is 13.0 Å². The van der Waals surface area contributed by atoms with E-state index in [2.05, 4.69) is 10.6 Å². The van der Waals surface area contributed by atoms with Crippen molar-refractivity contribution in [1.29, 1.82) is 0 Å². The van der Waals surface area contributed by atoms with Crippen LogP contribution in [0.15, 0.2) is 12.1 Å². The number of nitrogen functional groups attached to an aromatic ring is 1. The molecular formula is C13H19N3O2. The molecule has 5 heteroatoms. The van der Waals surface area contributed by atoms with Crippen molar-refractivity contribution in [3.05, 3.63) is 17.7 Å². The standard InChI is InChI=1S/C13H19N3O2/c1-3-13(2,18)7-15-11-6-10-8(4-9(11)14)5-12(17)16-10/h4,6,15,18H,3,5,7,14H2,1-2H3,(H,16,17). The molecular weight excluding hydrogens is 230 g/mol. The fourth-order valence-electron chi connectivity index (χ4n) is 1.86. The van der Waals surface area contributed by atoms with E-state index in [0.717, 1.165) is 16.9 Å². The number of hydrogen-bond donors (Lipinski definition) is 4. The van der Waals surface area contributed by atoms with E-state index in [4.69, 9.17) is 5.73 Å². The van der Waals surface area contributed by atoms with E-state index in [9.17, 15) is 9.90 Å². The Morgan fingerprint density at radius 3 is 2.94 bits per heavy atom. The number of rotatable bonds is 4. The second-order valence-corrected chi connectivity index (χ2v) is 5.03. The topological polar surface area (TPSA) is 87.4 Å². The normalized spacial score (nSPS) is 16.9. The minimum absolute atomic E-state index is 0.0119. The van der Waals surface area contributed by atoms with Crippen LogP contribution >= 0.6 is 0 Å². The SMILES string of the molecule is CCC(C)(O)CNc1cc2c(cc1N)CC(=O)N2. The van der Waals surface area contributed by atoms with Crippen molar-refractivity contribution in [3.8, 4) is 0 Å². The molecule has 0 aliphatic carbocycles. The number of benzene rings is 1. The number of nitrogens with two attached hydrogens (primary N) is 1. The van der Waals surface area contributed by atoms with Gasteiger partial charge < -0.3 is 21.5 Å². The lowest BCUT2D eigenvalue weighted by Crippen LogP contribution is -2.32. The summed E-state index contributed by atoms with van der Waals surface area (Å²) in [6.07, 6.45) is 1.04. The fourth-order valence-corrected chi connectivity index (χ4v) is 1.86. The van der Waals surface area contributed by atoms with Crippen molar-refractivity contribution in [3.63, 3.8) is 0 Å². The van der Waals surface area contributed by atoms with Crippen LogP contribution in [-0.4, -0.2) is 23.2 Å². The number of nitrogens with one attached hydrogen (secondary N) is 2. The minimum Gasteiger partial charge on any atom is -0.397 e. The summed E-state index contributed by atoms with van der Waals surface area (Å²) in [7, 11) is 0. The van der Waals surface area contributed by atoms with Gasteiger partial charge in [-0.05, 0) is 31.0 Å². The molecule has 1 heterocycles. The third-order valence-electron chi connectivity index (χ3n) is 3.32. The summed E-state index contributed by atoms with van der Waals surface area (Å²) in [6, 6.07) is 3.62. The predicted molar refractivity (Wildman–Crippen MR) is 72.6 cm³/mol. The summed E-state index contributed by atoms with van der Waals surface area (Å²) in [6.45, 7) is 4.11. The van der Waals surface area contributed by atoms with Gasteiger partial charge in [-0.1, -0.05) is 6.92 Å². The van der Waals surface area contributed by atoms with Crippen LogP contribution in [0.4, 0.5) is 17.1 Å². The van der Waals surface area contributed by atoms with E-state index in [1.165, 1.54) is 0 Å². The molecule has 0 radical (unpaired) electrons. The zero-order valence-corrected chi connectivity index (χ0v) is 10.7. The van der Waals surface area contributed by atoms with Gasteiger partial charge in [0, 0.05) is 12.2 Å². The average molecular weight is 249 g/mol. The lowest BCUT2D eigenvalue weighted by molar-refractivity contribution is -0.115. The highest BCUT2D eigenvalue weighted by Crippen LogP contribution is 2.31. The Morgan fingerprint density at radius 1 is 1.56 bits per heavy atom. The molecule has 1 aliphatic heterocycles. The second kappa shape index (κ2) is 4.49. The van der Waals surface area contributed by atoms with E-state index in [1.54, 1.807) is 13.0 Å². The second-order valence-electron chi connectivity index (χ2n) is 5.03. The first-order valence-electron chi connectivity index (χ1n) is 6.10. The largest absolute Gasteiger partial charge is 0.397 e. The van der Waals surface area contributed by atoms with Crippen LogP contribution in [0.5, 0.6) is 0 Å². The van der Waals surface area contributed by atoms with Crippen LogP contribution in [-0.2, 0) is 11.2 Å². The van der Waals surface area contributed by atoms with Crippen molar-refractivity contribution in [2.45, 2.75) is 32.3 Å². The third-order valence-corrected chi connectivity index (χ3v) is 3.32. The van der Waals surface area contributed by atoms with Crippen LogP contribution in [0.25, 0.3) is 0 Å². The Balaban J connectivity index is 2.15. The van der Waals surface area contributed by atoms with Gasteiger partial charge in [0.1, 0.15) is 0 Å². The molecule has 18 heavy (non-hydrogen) atoms. The maximum absolute atomic E-state index is 11.3. The molecule has 0 bridgehead atoms. The van der Waals surface area contributed by atoms with Gasteiger partial charge in [0.15, 0.2) is 0 Å². The van der Waals surface area contributed by atoms with Crippen LogP contribution in [0.2, 0.25) is 0 Å². The molecule has 1 aromatic carbocycles. The predicted octanol–water partition coefficient (Wildman–Crippen LogP) is 1.34. The monoisotopic (exact) mass is 249 g/mol. The Hall–Kier alpha value is -1.75. The van der Waals surface area contributed by atoms with Gasteiger partial charge in [-0.25, -0.2) is 0 Å². The summed E-state index contributed by atoms with van der Waals surface area (Å²) in [5, 5.41) is 15.8. The van der Waals surface area contributed by atoms with Gasteiger partial charge >= 0.3 is 0 Å². The molecule has 0 aromatic heterocycles. The molecule has 1 unspecified atom stereocenters. The van der Waals surface area contributed by atoms with E-state index in [-0.39, 0.29) is 5.91 Å². The Labute approximate surface area is 106 Å². The molecule has 1 atom stereocenters. The minimum atomic E-state index is -0.769. The van der Waals surface area contributed by atoms with Gasteiger partial charge in [-0.2, -0.15) is 0 Å². The highest BCUT2D eigenvalue weighted by Gasteiger charge is 2.21. The first-order valence-corrected chi connectivity index (χ1v) is 6.10. The number of carbonyl (C=O) groups excluding carboxylic acids is 1. The summed E-state index contributed by atoms with van der Waals surface area (Å²) in [5.41, 5.74) is 8.21. The van der Waals surface area contributed by atoms with Gasteiger partial charge in [0.05, 0.1) is 23.4 Å². The molecule has 0 spiro atoms. The first-order chi connectivity index (χ1) is 8.41. The maximum Gasteiger partial charge on any atom is 0.228 e. The number of aliphatic hydroxyl groups is 1. The zero-order chi connectivity index (χ0) is 13.3. The number of carbonyl (C=O) groups is 1. The van der Waals surface area contributed by atoms with Gasteiger partial charge in [0.25, 0.3) is 0 Å². The summed E-state index contributed by atoms with van der Waals surface area (Å²) < 4.78 is 0. The molecule has 0 saturated carbocycles. The van der Waals surface area contributed by atoms with Crippen molar-refractivity contribution >= 4 is 23.0 Å². The summed E-state index contributed by atoms with van der Waals surface area (Å²) in [4.78, 5) is 11.3. The molecule has 98 valence electrons. The maximum atomic E-state index is 11.3. The Morgan fingerprint density at radius 2 is 2.28 bits per heavy atom. The van der Waals surface area contributed by atoms with Crippen molar-refractivity contribution < 1.29 is 9.90 Å². The number of fused-ring (bicyclic) bond motifs is 1. The molecule has 1 amide bonds. The van der Waals surface area contributed by atoms with Crippen molar-refractivity contribution in [2.75, 3.05) is 22.9 Å². The van der Waals surface area contributed by atoms with Crippen LogP contribution < -0.4 is 16.4 Å². The summed E-state index contributed by atoms with van der Waals surface area (Å²) in [5.74, 6) is -0.0119. The van der Waals surface area contributed by atoms with Crippen LogP contribution in [0.3, 0.4) is 0 Å². The Kier molecular flexibility index (Phi) is 3.17. The molecule has 5 N–H and O–H groups in total. The number of anilines is 3. The molecule has 1 aliphatic rings. The van der Waals surface area contributed by atoms with E-state index >= 15 is 0 Å². The van der Waals surface area contributed by atoms with Gasteiger partial charge in [-0.3, -0.25) is 4.79 Å². The lowest BCUT2D eigenvalue weighted by atomic mass is 10.0. The molecule has 0 fully saturated rings. The van der Waals surface area contributed by atoms with Crippen LogP contribution in [0.1, 0.15) is 25.8 Å². The van der Waals surface area contributed by atoms with E-state index < -0.39 is 5.60 Å². The number of amides is 1. The zero-order valence-electron chi connectivity index (χ0n) is 10.7.